The van der Waals surface area contributed by atoms with E-state index in [1.54, 1.807) is 18.3 Å². The molecule has 1 N–H and O–H groups in total. The second-order valence-electron chi connectivity index (χ2n) is 7.26. The van der Waals surface area contributed by atoms with Crippen molar-refractivity contribution in [2.24, 2.45) is 5.92 Å². The summed E-state index contributed by atoms with van der Waals surface area (Å²) in [6, 6.07) is 7.03. The number of nitrogens with zero attached hydrogens (tertiary/aromatic N) is 3. The highest BCUT2D eigenvalue weighted by Crippen LogP contribution is 2.38. The number of imidazole rings is 1. The number of halogens is 3. The third-order valence-corrected chi connectivity index (χ3v) is 5.19. The first-order chi connectivity index (χ1) is 14.3. The lowest BCUT2D eigenvalue weighted by molar-refractivity contribution is -0.137. The molecule has 6 nitrogen and oxygen atoms in total. The van der Waals surface area contributed by atoms with Crippen LogP contribution in [0.2, 0.25) is 0 Å². The molecule has 0 radical (unpaired) electrons. The van der Waals surface area contributed by atoms with E-state index in [0.717, 1.165) is 18.9 Å². The van der Waals surface area contributed by atoms with Crippen molar-refractivity contribution in [2.45, 2.75) is 38.8 Å². The fourth-order valence-corrected chi connectivity index (χ4v) is 3.71. The molecule has 1 fully saturated rings. The van der Waals surface area contributed by atoms with Crippen LogP contribution in [0.15, 0.2) is 36.5 Å². The summed E-state index contributed by atoms with van der Waals surface area (Å²) < 4.78 is 47.4. The number of hydrogen-bond acceptors (Lipinski definition) is 4. The Bertz CT molecular complexity index is 1070. The van der Waals surface area contributed by atoms with Gasteiger partial charge in [-0.2, -0.15) is 13.2 Å². The minimum atomic E-state index is -4.58. The molecule has 2 heterocycles. The normalized spacial score (nSPS) is 14.9. The number of carbonyl (C=O) groups is 1. The Morgan fingerprint density at radius 2 is 2.00 bits per heavy atom. The van der Waals surface area contributed by atoms with Gasteiger partial charge in [-0.3, -0.25) is 4.79 Å². The Kier molecular flexibility index (Phi) is 5.36. The number of rotatable bonds is 5. The summed E-state index contributed by atoms with van der Waals surface area (Å²) in [4.78, 5) is 16.9. The number of nitrogens with one attached hydrogen (secondary N) is 1. The Labute approximate surface area is 171 Å². The largest absolute Gasteiger partial charge is 0.477 e. The number of fused-ring (bicyclic) bond motifs is 1. The smallest absolute Gasteiger partial charge is 0.418 e. The van der Waals surface area contributed by atoms with Crippen LogP contribution in [0.1, 0.15) is 38.2 Å². The number of aromatic nitrogens is 3. The van der Waals surface area contributed by atoms with Crippen LogP contribution >= 0.6 is 0 Å². The lowest BCUT2D eigenvalue weighted by Gasteiger charge is -2.17. The Hall–Kier alpha value is -3.10. The molecule has 0 unspecified atom stereocenters. The first kappa shape index (κ1) is 20.2. The highest BCUT2D eigenvalue weighted by Gasteiger charge is 2.35. The van der Waals surface area contributed by atoms with Gasteiger partial charge in [0.05, 0.1) is 29.7 Å². The molecular formula is C21H21F3N4O2. The van der Waals surface area contributed by atoms with Crippen LogP contribution in [0.25, 0.3) is 16.9 Å². The van der Waals surface area contributed by atoms with E-state index in [-0.39, 0.29) is 17.5 Å². The highest BCUT2D eigenvalue weighted by molar-refractivity contribution is 5.94. The summed E-state index contributed by atoms with van der Waals surface area (Å²) in [5, 5.41) is 6.77. The van der Waals surface area contributed by atoms with Crippen molar-refractivity contribution in [1.82, 2.24) is 14.6 Å². The van der Waals surface area contributed by atoms with Crippen LogP contribution in [0, 0.1) is 5.92 Å². The first-order valence-electron chi connectivity index (χ1n) is 9.87. The maximum atomic E-state index is 13.5. The third-order valence-electron chi connectivity index (χ3n) is 5.19. The highest BCUT2D eigenvalue weighted by atomic mass is 19.4. The van der Waals surface area contributed by atoms with Crippen molar-refractivity contribution >= 4 is 17.2 Å². The molecule has 3 aromatic rings. The van der Waals surface area contributed by atoms with E-state index in [9.17, 15) is 18.0 Å². The molecule has 0 spiro atoms. The van der Waals surface area contributed by atoms with Gasteiger partial charge in [-0.05, 0) is 38.0 Å². The van der Waals surface area contributed by atoms with E-state index in [0.29, 0.717) is 42.2 Å². The van der Waals surface area contributed by atoms with Crippen molar-refractivity contribution in [1.29, 1.82) is 0 Å². The molecule has 9 heteroatoms. The van der Waals surface area contributed by atoms with Crippen molar-refractivity contribution < 1.29 is 22.7 Å². The van der Waals surface area contributed by atoms with Crippen LogP contribution < -0.4 is 10.1 Å². The average molecular weight is 418 g/mol. The van der Waals surface area contributed by atoms with Crippen molar-refractivity contribution in [2.75, 3.05) is 11.9 Å². The molecule has 0 bridgehead atoms. The van der Waals surface area contributed by atoms with E-state index >= 15 is 0 Å². The Balaban J connectivity index is 1.70. The maximum absolute atomic E-state index is 13.5. The minimum absolute atomic E-state index is 0.244. The summed E-state index contributed by atoms with van der Waals surface area (Å²) in [6.07, 6.45) is 0.275. The lowest BCUT2D eigenvalue weighted by Crippen LogP contribution is -2.22. The average Bonchev–Trinajstić information content (AvgIpc) is 3.37. The second-order valence-corrected chi connectivity index (χ2v) is 7.26. The summed E-state index contributed by atoms with van der Waals surface area (Å²) in [6.45, 7) is 2.30. The van der Waals surface area contributed by atoms with E-state index in [4.69, 9.17) is 4.74 Å². The van der Waals surface area contributed by atoms with Gasteiger partial charge in [-0.1, -0.05) is 18.9 Å². The standard InChI is InChI=1S/C21H21F3N4O2/c1-2-30-19-10-9-18-25-17(12-28(18)27-19)14-7-8-15(21(22,23)24)16(11-14)26-20(29)13-5-3-4-6-13/h7-13H,2-6H2,1H3,(H,26,29). The zero-order valence-corrected chi connectivity index (χ0v) is 16.4. The van der Waals surface area contributed by atoms with Gasteiger partial charge in [0.2, 0.25) is 11.8 Å². The molecule has 4 rings (SSSR count). The number of benzene rings is 1. The molecule has 1 amide bonds. The van der Waals surface area contributed by atoms with Gasteiger partial charge in [-0.15, -0.1) is 5.10 Å². The minimum Gasteiger partial charge on any atom is -0.477 e. The van der Waals surface area contributed by atoms with Gasteiger partial charge in [-0.25, -0.2) is 9.50 Å². The summed E-state index contributed by atoms with van der Waals surface area (Å²) in [5.74, 6) is -0.190. The van der Waals surface area contributed by atoms with E-state index in [1.165, 1.54) is 16.6 Å². The molecule has 0 saturated heterocycles. The van der Waals surface area contributed by atoms with E-state index in [2.05, 4.69) is 15.4 Å². The first-order valence-corrected chi connectivity index (χ1v) is 9.87. The molecule has 1 aliphatic rings. The van der Waals surface area contributed by atoms with Gasteiger partial charge < -0.3 is 10.1 Å². The van der Waals surface area contributed by atoms with Crippen LogP contribution in [0.5, 0.6) is 5.88 Å². The zero-order chi connectivity index (χ0) is 21.3. The zero-order valence-electron chi connectivity index (χ0n) is 16.4. The number of hydrogen-bond donors (Lipinski definition) is 1. The van der Waals surface area contributed by atoms with E-state index < -0.39 is 11.7 Å². The summed E-state index contributed by atoms with van der Waals surface area (Å²) in [7, 11) is 0. The molecule has 0 atom stereocenters. The fraction of sp³-hybridized carbons (Fsp3) is 0.381. The molecule has 30 heavy (non-hydrogen) atoms. The Morgan fingerprint density at radius 1 is 1.23 bits per heavy atom. The van der Waals surface area contributed by atoms with Gasteiger partial charge in [0.15, 0.2) is 5.65 Å². The van der Waals surface area contributed by atoms with Crippen LogP contribution in [-0.2, 0) is 11.0 Å². The quantitative estimate of drug-likeness (QED) is 0.637. The molecule has 1 saturated carbocycles. The maximum Gasteiger partial charge on any atom is 0.418 e. The van der Waals surface area contributed by atoms with Gasteiger partial charge >= 0.3 is 6.18 Å². The molecule has 1 aromatic carbocycles. The van der Waals surface area contributed by atoms with E-state index in [1.807, 2.05) is 6.92 Å². The topological polar surface area (TPSA) is 68.5 Å². The molecule has 158 valence electrons. The van der Waals surface area contributed by atoms with Crippen LogP contribution in [-0.4, -0.2) is 27.1 Å². The summed E-state index contributed by atoms with van der Waals surface area (Å²) >= 11 is 0. The lowest BCUT2D eigenvalue weighted by atomic mass is 10.0. The van der Waals surface area contributed by atoms with Crippen molar-refractivity contribution in [3.8, 4) is 17.1 Å². The molecule has 1 aliphatic carbocycles. The monoisotopic (exact) mass is 418 g/mol. The van der Waals surface area contributed by atoms with Crippen molar-refractivity contribution in [3.63, 3.8) is 0 Å². The SMILES string of the molecule is CCOc1ccc2nc(-c3ccc(C(F)(F)F)c(NC(=O)C4CCCC4)c3)cn2n1. The van der Waals surface area contributed by atoms with Crippen molar-refractivity contribution in [3.05, 3.63) is 42.1 Å². The molecule has 2 aromatic heterocycles. The third kappa shape index (κ3) is 4.10. The predicted molar refractivity (Wildman–Crippen MR) is 105 cm³/mol. The van der Waals surface area contributed by atoms with Gasteiger partial charge in [0, 0.05) is 17.5 Å². The number of ether oxygens (including phenoxy) is 1. The molecular weight excluding hydrogens is 397 g/mol. The number of anilines is 1. The summed E-state index contributed by atoms with van der Waals surface area (Å²) in [5.41, 5.74) is 0.300. The van der Waals surface area contributed by atoms with Gasteiger partial charge in [0.25, 0.3) is 0 Å². The van der Waals surface area contributed by atoms with Crippen LogP contribution in [0.4, 0.5) is 18.9 Å². The Morgan fingerprint density at radius 3 is 2.70 bits per heavy atom. The predicted octanol–water partition coefficient (Wildman–Crippen LogP) is 4.94. The van der Waals surface area contributed by atoms with Gasteiger partial charge in [0.1, 0.15) is 0 Å². The number of amides is 1. The molecule has 0 aliphatic heterocycles. The second kappa shape index (κ2) is 7.97. The number of carbonyl (C=O) groups excluding carboxylic acids is 1. The number of alkyl halides is 3. The fourth-order valence-electron chi connectivity index (χ4n) is 3.71. The van der Waals surface area contributed by atoms with Crippen LogP contribution in [0.3, 0.4) is 0 Å².